The summed E-state index contributed by atoms with van der Waals surface area (Å²) in [4.78, 5) is 66.0. The summed E-state index contributed by atoms with van der Waals surface area (Å²) in [6, 6.07) is 20.3. The molecule has 6 rings (SSSR count). The monoisotopic (exact) mass is 1130 g/mol. The summed E-state index contributed by atoms with van der Waals surface area (Å²) >= 11 is 4.31. The number of nitrogens with one attached hydrogen (secondary N) is 2. The van der Waals surface area contributed by atoms with Crippen LogP contribution in [0.25, 0.3) is 0 Å². The van der Waals surface area contributed by atoms with Crippen molar-refractivity contribution in [2.75, 3.05) is 28.4 Å². The van der Waals surface area contributed by atoms with Crippen molar-refractivity contribution in [3.8, 4) is 11.5 Å². The number of carbonyl (C=O) groups is 5. The number of hydrogen-bond acceptors (Lipinski definition) is 14. The van der Waals surface area contributed by atoms with Gasteiger partial charge in [0.15, 0.2) is 25.1 Å². The number of amides is 4. The van der Waals surface area contributed by atoms with Gasteiger partial charge in [0.25, 0.3) is 23.6 Å². The number of hydrazine groups is 2. The fourth-order valence-electron chi connectivity index (χ4n) is 8.23. The number of hydrogen-bond donors (Lipinski definition) is 2. The SMILES string of the molecule is COc1cccc(C(=O)NN(C(=O)c2ccc(C(OC)OC)c(B3OC(C)(C)C(C)(C)O3)c2)C(C)(C)C)c1C.COc1cccc(C(=O)NN(C(=O)c2ccc(C=O)c(B3OC(C)(C)C(C)(C)O3)c2)C(C)(C)C)c1C.[3H][P+](P)=S. The van der Waals surface area contributed by atoms with Crippen molar-refractivity contribution in [2.24, 2.45) is 0 Å². The number of ether oxygens (including phenoxy) is 4. The third-order valence-corrected chi connectivity index (χ3v) is 14.2. The van der Waals surface area contributed by atoms with Crippen LogP contribution in [0.4, 0.5) is 0 Å². The maximum absolute atomic E-state index is 14.0. The molecule has 2 heterocycles. The van der Waals surface area contributed by atoms with Crippen LogP contribution < -0.4 is 31.3 Å². The minimum absolute atomic E-state index is 0.280. The van der Waals surface area contributed by atoms with E-state index in [1.54, 1.807) is 108 Å². The molecule has 22 heteroatoms. The Labute approximate surface area is 472 Å². The number of rotatable bonds is 12. The Balaban J connectivity index is 0.000000320. The molecule has 4 aromatic rings. The van der Waals surface area contributed by atoms with E-state index in [-0.39, 0.29) is 5.56 Å². The zero-order valence-corrected chi connectivity index (χ0v) is 51.7. The number of methoxy groups -OCH3 is 4. The Hall–Kier alpha value is -5.13. The smallest absolute Gasteiger partial charge is 0.495 e. The first-order valence-corrected chi connectivity index (χ1v) is 28.8. The molecular formula is C56H79B2N4O13P2S+. The van der Waals surface area contributed by atoms with Crippen LogP contribution in [0.5, 0.6) is 11.5 Å². The maximum Gasteiger partial charge on any atom is 0.495 e. The summed E-state index contributed by atoms with van der Waals surface area (Å²) in [6.45, 7) is 29.2. The summed E-state index contributed by atoms with van der Waals surface area (Å²) in [7, 11) is 6.79. The Morgan fingerprint density at radius 2 is 0.987 bits per heavy atom. The molecule has 422 valence electrons. The van der Waals surface area contributed by atoms with Crippen molar-refractivity contribution in [1.29, 1.82) is 1.28 Å². The second kappa shape index (κ2) is 26.0. The van der Waals surface area contributed by atoms with Crippen molar-refractivity contribution in [1.82, 2.24) is 20.9 Å². The van der Waals surface area contributed by atoms with Crippen molar-refractivity contribution in [2.45, 2.75) is 151 Å². The zero-order valence-electron chi connectivity index (χ0n) is 49.9. The van der Waals surface area contributed by atoms with Crippen LogP contribution in [-0.2, 0) is 39.9 Å². The van der Waals surface area contributed by atoms with Crippen molar-refractivity contribution >= 4 is 82.8 Å². The molecule has 2 aliphatic heterocycles. The summed E-state index contributed by atoms with van der Waals surface area (Å²) in [5.74, 6) is -0.530. The van der Waals surface area contributed by atoms with Crippen LogP contribution in [0.2, 0.25) is 0 Å². The van der Waals surface area contributed by atoms with E-state index in [0.29, 0.717) is 67.7 Å². The van der Waals surface area contributed by atoms with Gasteiger partial charge in [-0.05, 0) is 170 Å². The van der Waals surface area contributed by atoms with Crippen molar-refractivity contribution in [3.05, 3.63) is 117 Å². The molecule has 4 aromatic carbocycles. The summed E-state index contributed by atoms with van der Waals surface area (Å²) < 4.78 is 53.0. The van der Waals surface area contributed by atoms with Crippen molar-refractivity contribution < 1.29 is 61.5 Å². The van der Waals surface area contributed by atoms with Crippen LogP contribution in [0, 0.1) is 13.8 Å². The van der Waals surface area contributed by atoms with E-state index in [2.05, 4.69) is 31.6 Å². The Bertz CT molecular complexity index is 2870. The second-order valence-electron chi connectivity index (χ2n) is 22.7. The average molecular weight is 1130 g/mol. The molecule has 0 radical (unpaired) electrons. The minimum Gasteiger partial charge on any atom is -0.496 e. The molecule has 2 saturated heterocycles. The van der Waals surface area contributed by atoms with Crippen molar-refractivity contribution in [3.63, 3.8) is 0 Å². The highest BCUT2D eigenvalue weighted by molar-refractivity contribution is 8.24. The average Bonchev–Trinajstić information content (AvgIpc) is 3.74. The molecule has 2 fully saturated rings. The van der Waals surface area contributed by atoms with Crippen LogP contribution in [0.1, 0.15) is 172 Å². The van der Waals surface area contributed by atoms with Crippen LogP contribution in [0.3, 0.4) is 0 Å². The molecule has 78 heavy (non-hydrogen) atoms. The standard InChI is InChI=1S/C29H41BN2O7.C27H35BN2O6.H2P2S/c1-18-20(13-12-14-23(18)35-9)24(33)31-32(27(2,3)4)25(34)19-15-16-21(26(36-10)37-11)22(17-19)30-38-28(5,6)29(7,8)39-30;1-17-20(11-10-12-22(17)34-9)23(32)29-30(25(2,3)4)24(33)18-13-14-19(16-31)21(15-18)28-35-26(5,6)27(7,8)36-28;1-2-3/h12-17,26H,1-11H3,(H,31,33);10-16H,1-9H3,(H,29,32);1H2/p+1/i/hT. The molecule has 0 bridgehead atoms. The van der Waals surface area contributed by atoms with E-state index in [0.717, 1.165) is 0 Å². The highest BCUT2D eigenvalue weighted by Gasteiger charge is 2.54. The summed E-state index contributed by atoms with van der Waals surface area (Å²) in [5, 5.41) is 2.62. The molecule has 17 nitrogen and oxygen atoms in total. The second-order valence-corrected chi connectivity index (χ2v) is 25.4. The third-order valence-electron chi connectivity index (χ3n) is 14.2. The third kappa shape index (κ3) is 14.8. The fraction of sp³-hybridized carbons (Fsp3) is 0.482. The van der Waals surface area contributed by atoms with Gasteiger partial charge in [-0.2, -0.15) is 0 Å². The topological polar surface area (TPSA) is 190 Å². The summed E-state index contributed by atoms with van der Waals surface area (Å²) in [5.41, 5.74) is 6.54. The molecule has 2 N–H and O–H groups in total. The molecule has 2 aliphatic rings. The largest absolute Gasteiger partial charge is 0.496 e. The van der Waals surface area contributed by atoms with Gasteiger partial charge < -0.3 is 37.6 Å². The van der Waals surface area contributed by atoms with E-state index in [4.69, 9.17) is 38.8 Å². The van der Waals surface area contributed by atoms with E-state index < -0.39 is 84.6 Å². The van der Waals surface area contributed by atoms with E-state index in [9.17, 15) is 24.0 Å². The molecule has 0 aliphatic carbocycles. The number of benzene rings is 4. The van der Waals surface area contributed by atoms with E-state index >= 15 is 0 Å². The molecular weight excluding hydrogens is 1050 g/mol. The lowest BCUT2D eigenvalue weighted by Crippen LogP contribution is -2.56. The quantitative estimate of drug-likeness (QED) is 0.0450. The Morgan fingerprint density at radius 3 is 1.32 bits per heavy atom. The Kier molecular flexibility index (Phi) is 21.2. The Morgan fingerprint density at radius 1 is 0.641 bits per heavy atom. The first-order valence-electron chi connectivity index (χ1n) is 25.7. The number of nitrogens with zero attached hydrogens (tertiary/aromatic N) is 2. The van der Waals surface area contributed by atoms with Gasteiger partial charge in [0.1, 0.15) is 17.8 Å². The molecule has 4 amide bonds. The highest BCUT2D eigenvalue weighted by Crippen LogP contribution is 2.39. The molecule has 2 atom stereocenters. The predicted molar refractivity (Wildman–Crippen MR) is 314 cm³/mol. The lowest BCUT2D eigenvalue weighted by Gasteiger charge is -2.36. The molecule has 0 aromatic heterocycles. The molecule has 0 saturated carbocycles. The maximum atomic E-state index is 14.0. The van der Waals surface area contributed by atoms with Gasteiger partial charge in [0.2, 0.25) is 0 Å². The zero-order chi connectivity index (χ0) is 60.0. The summed E-state index contributed by atoms with van der Waals surface area (Å²) in [6.07, 6.45) is 0.0152. The first-order chi connectivity index (χ1) is 36.4. The highest BCUT2D eigenvalue weighted by atomic mass is 32.6. The van der Waals surface area contributed by atoms with Gasteiger partial charge in [-0.3, -0.25) is 34.8 Å². The van der Waals surface area contributed by atoms with Crippen LogP contribution in [0.15, 0.2) is 72.8 Å². The fourth-order valence-corrected chi connectivity index (χ4v) is 8.23. The normalized spacial score (nSPS) is 16.3. The van der Waals surface area contributed by atoms with Gasteiger partial charge >= 0.3 is 15.5 Å². The molecule has 0 spiro atoms. The van der Waals surface area contributed by atoms with Gasteiger partial charge in [-0.25, -0.2) is 10.0 Å². The van der Waals surface area contributed by atoms with Gasteiger partial charge in [-0.1, -0.05) is 24.3 Å². The van der Waals surface area contributed by atoms with E-state index in [1.165, 1.54) is 17.1 Å². The molecule has 2 unspecified atom stereocenters. The van der Waals surface area contributed by atoms with Gasteiger partial charge in [0.05, 0.1) is 56.6 Å². The number of carbonyl (C=O) groups excluding carboxylic acids is 5. The first kappa shape index (κ1) is 63.7. The lowest BCUT2D eigenvalue weighted by atomic mass is 9.74. The number of aldehydes is 1. The minimum atomic E-state index is -0.870. The lowest BCUT2D eigenvalue weighted by molar-refractivity contribution is -0.105. The van der Waals surface area contributed by atoms with E-state index in [1.807, 2.05) is 96.9 Å². The predicted octanol–water partition coefficient (Wildman–Crippen LogP) is 8.80. The van der Waals surface area contributed by atoms with Crippen LogP contribution in [-0.4, -0.2) is 117 Å². The van der Waals surface area contributed by atoms with Gasteiger partial charge in [0, 0.05) is 58.7 Å². The van der Waals surface area contributed by atoms with Crippen LogP contribution >= 0.6 is 15.9 Å². The van der Waals surface area contributed by atoms with Gasteiger partial charge in [-0.15, -0.1) is 0 Å².